The second-order valence-corrected chi connectivity index (χ2v) is 8.42. The van der Waals surface area contributed by atoms with Crippen LogP contribution >= 0.6 is 12.4 Å². The third-order valence-electron chi connectivity index (χ3n) is 5.63. The van der Waals surface area contributed by atoms with Crippen molar-refractivity contribution in [2.24, 2.45) is 5.73 Å². The molecule has 0 fully saturated rings. The molecular weight excluding hydrogens is 432 g/mol. The summed E-state index contributed by atoms with van der Waals surface area (Å²) in [6.07, 6.45) is 17.8. The van der Waals surface area contributed by atoms with E-state index in [2.05, 4.69) is 12.2 Å². The van der Waals surface area contributed by atoms with Crippen LogP contribution in [0.3, 0.4) is 0 Å². The van der Waals surface area contributed by atoms with Crippen molar-refractivity contribution >= 4 is 24.4 Å². The number of rotatable bonds is 22. The Balaban J connectivity index is 0. The van der Waals surface area contributed by atoms with E-state index in [4.69, 9.17) is 20.3 Å². The Morgan fingerprint density at radius 2 is 1.22 bits per heavy atom. The monoisotopic (exact) mass is 480 g/mol. The van der Waals surface area contributed by atoms with Gasteiger partial charge in [0.05, 0.1) is 6.61 Å². The van der Waals surface area contributed by atoms with Crippen LogP contribution in [0, 0.1) is 0 Å². The van der Waals surface area contributed by atoms with Crippen LogP contribution in [-0.2, 0) is 14.3 Å². The summed E-state index contributed by atoms with van der Waals surface area (Å²) in [6, 6.07) is 0. The van der Waals surface area contributed by atoms with Gasteiger partial charge in [0.1, 0.15) is 6.10 Å². The van der Waals surface area contributed by atoms with Gasteiger partial charge in [-0.2, -0.15) is 0 Å². The summed E-state index contributed by atoms with van der Waals surface area (Å²) in [5.41, 5.74) is 5.20. The molecule has 0 heterocycles. The molecule has 0 aromatic heterocycles. The number of nitrogens with two attached hydrogens (primary N) is 1. The lowest BCUT2D eigenvalue weighted by molar-refractivity contribution is -0.135. The molecule has 0 bridgehead atoms. The number of methoxy groups -OCH3 is 1. The first kappa shape index (κ1) is 33.1. The number of halogens is 1. The molecule has 2 unspecified atom stereocenters. The quantitative estimate of drug-likeness (QED) is 0.183. The van der Waals surface area contributed by atoms with Crippen LogP contribution < -0.4 is 11.1 Å². The van der Waals surface area contributed by atoms with Crippen LogP contribution in [0.15, 0.2) is 0 Å². The van der Waals surface area contributed by atoms with E-state index in [0.29, 0.717) is 6.54 Å². The number of amides is 2. The SMILES string of the molecule is CCCCCCCCCCCCCCCCCCNC(=O)OC(C(N)=O)C(CO)OC.Cl. The molecule has 0 aromatic rings. The van der Waals surface area contributed by atoms with Gasteiger partial charge in [-0.15, -0.1) is 12.4 Å². The van der Waals surface area contributed by atoms with E-state index in [1.165, 1.54) is 90.6 Å². The Bertz CT molecular complexity index is 437. The number of carbonyl (C=O) groups excluding carboxylic acids is 2. The molecule has 2 atom stereocenters. The van der Waals surface area contributed by atoms with Crippen molar-refractivity contribution in [3.8, 4) is 0 Å². The van der Waals surface area contributed by atoms with Crippen molar-refractivity contribution in [2.75, 3.05) is 20.3 Å². The first-order valence-corrected chi connectivity index (χ1v) is 12.4. The fraction of sp³-hybridized carbons (Fsp3) is 0.917. The molecule has 2 amide bonds. The molecule has 0 saturated heterocycles. The predicted molar refractivity (Wildman–Crippen MR) is 132 cm³/mol. The fourth-order valence-corrected chi connectivity index (χ4v) is 3.63. The molecular formula is C24H49ClN2O5. The van der Waals surface area contributed by atoms with Crippen molar-refractivity contribution in [3.05, 3.63) is 0 Å². The Labute approximate surface area is 202 Å². The van der Waals surface area contributed by atoms with E-state index < -0.39 is 30.8 Å². The standard InChI is InChI=1S/C24H48N2O5.ClH/c1-3-4-5-6-7-8-9-10-11-12-13-14-15-16-17-18-19-26-24(29)31-22(23(25)28)21(20-27)30-2;/h21-22,27H,3-20H2,1-2H3,(H2,25,28)(H,26,29);1H. The van der Waals surface area contributed by atoms with Gasteiger partial charge in [-0.05, 0) is 6.42 Å². The van der Waals surface area contributed by atoms with E-state index in [0.717, 1.165) is 19.3 Å². The van der Waals surface area contributed by atoms with Crippen LogP contribution in [-0.4, -0.2) is 49.6 Å². The molecule has 0 rings (SSSR count). The molecule has 0 aromatic carbocycles. The van der Waals surface area contributed by atoms with Gasteiger partial charge in [-0.25, -0.2) is 4.79 Å². The van der Waals surface area contributed by atoms with Crippen molar-refractivity contribution in [1.82, 2.24) is 5.32 Å². The number of carbonyl (C=O) groups is 2. The maximum atomic E-state index is 11.8. The average Bonchev–Trinajstić information content (AvgIpc) is 2.75. The smallest absolute Gasteiger partial charge is 0.408 e. The van der Waals surface area contributed by atoms with Crippen LogP contribution in [0.2, 0.25) is 0 Å². The molecule has 0 spiro atoms. The minimum Gasteiger partial charge on any atom is -0.433 e. The number of alkyl carbamates (subject to hydrolysis) is 1. The number of aliphatic hydroxyl groups excluding tert-OH is 1. The summed E-state index contributed by atoms with van der Waals surface area (Å²) in [7, 11) is 1.31. The van der Waals surface area contributed by atoms with Gasteiger partial charge >= 0.3 is 6.09 Å². The number of unbranched alkanes of at least 4 members (excludes halogenated alkanes) is 15. The summed E-state index contributed by atoms with van der Waals surface area (Å²) in [5, 5.41) is 11.8. The summed E-state index contributed by atoms with van der Waals surface area (Å²) < 4.78 is 9.88. The molecule has 0 saturated carbocycles. The summed E-state index contributed by atoms with van der Waals surface area (Å²) in [5.74, 6) is -0.849. The van der Waals surface area contributed by atoms with Crippen LogP contribution in [0.25, 0.3) is 0 Å². The van der Waals surface area contributed by atoms with E-state index in [-0.39, 0.29) is 12.4 Å². The summed E-state index contributed by atoms with van der Waals surface area (Å²) in [4.78, 5) is 23.1. The molecule has 0 aliphatic carbocycles. The molecule has 0 aliphatic rings. The highest BCUT2D eigenvalue weighted by Gasteiger charge is 2.29. The molecule has 8 heteroatoms. The fourth-order valence-electron chi connectivity index (χ4n) is 3.63. The van der Waals surface area contributed by atoms with Gasteiger partial charge in [0.25, 0.3) is 5.91 Å². The number of aliphatic hydroxyl groups is 1. The predicted octanol–water partition coefficient (Wildman–Crippen LogP) is 5.26. The Morgan fingerprint density at radius 1 is 0.812 bits per heavy atom. The van der Waals surface area contributed by atoms with E-state index in [1.54, 1.807) is 0 Å². The average molecular weight is 481 g/mol. The zero-order chi connectivity index (χ0) is 23.2. The lowest BCUT2D eigenvalue weighted by Gasteiger charge is -2.21. The van der Waals surface area contributed by atoms with Crippen molar-refractivity contribution in [1.29, 1.82) is 0 Å². The third kappa shape index (κ3) is 19.6. The Morgan fingerprint density at radius 3 is 1.56 bits per heavy atom. The van der Waals surface area contributed by atoms with Crippen LogP contribution in [0.4, 0.5) is 4.79 Å². The van der Waals surface area contributed by atoms with Gasteiger partial charge in [-0.3, -0.25) is 4.79 Å². The number of ether oxygens (including phenoxy) is 2. The normalized spacial score (nSPS) is 12.6. The zero-order valence-electron chi connectivity index (χ0n) is 20.4. The van der Waals surface area contributed by atoms with Gasteiger partial charge < -0.3 is 25.6 Å². The van der Waals surface area contributed by atoms with Crippen LogP contribution in [0.1, 0.15) is 110 Å². The second-order valence-electron chi connectivity index (χ2n) is 8.42. The van der Waals surface area contributed by atoms with E-state index in [1.807, 2.05) is 0 Å². The van der Waals surface area contributed by atoms with Gasteiger partial charge in [0.15, 0.2) is 0 Å². The lowest BCUT2D eigenvalue weighted by Crippen LogP contribution is -2.46. The number of primary amides is 1. The highest BCUT2D eigenvalue weighted by atomic mass is 35.5. The maximum absolute atomic E-state index is 11.8. The van der Waals surface area contributed by atoms with Gasteiger partial charge in [-0.1, -0.05) is 103 Å². The van der Waals surface area contributed by atoms with Crippen LogP contribution in [0.5, 0.6) is 0 Å². The summed E-state index contributed by atoms with van der Waals surface area (Å²) in [6.45, 7) is 2.29. The van der Waals surface area contributed by atoms with Crippen molar-refractivity contribution in [2.45, 2.75) is 122 Å². The highest BCUT2D eigenvalue weighted by Crippen LogP contribution is 2.13. The maximum Gasteiger partial charge on any atom is 0.408 e. The Hall–Kier alpha value is -1.05. The molecule has 0 aliphatic heterocycles. The van der Waals surface area contributed by atoms with Crippen molar-refractivity contribution < 1.29 is 24.2 Å². The Kier molecular flexibility index (Phi) is 25.5. The van der Waals surface area contributed by atoms with Gasteiger partial charge in [0.2, 0.25) is 6.10 Å². The van der Waals surface area contributed by atoms with Crippen molar-refractivity contribution in [3.63, 3.8) is 0 Å². The second kappa shape index (κ2) is 24.6. The number of nitrogens with one attached hydrogen (secondary N) is 1. The summed E-state index contributed by atoms with van der Waals surface area (Å²) >= 11 is 0. The first-order chi connectivity index (χ1) is 15.1. The van der Waals surface area contributed by atoms with Gasteiger partial charge in [0, 0.05) is 13.7 Å². The van der Waals surface area contributed by atoms with E-state index in [9.17, 15) is 9.59 Å². The molecule has 4 N–H and O–H groups in total. The number of hydrogen-bond acceptors (Lipinski definition) is 5. The third-order valence-corrected chi connectivity index (χ3v) is 5.63. The minimum atomic E-state index is -1.30. The molecule has 192 valence electrons. The molecule has 7 nitrogen and oxygen atoms in total. The molecule has 0 radical (unpaired) electrons. The largest absolute Gasteiger partial charge is 0.433 e. The first-order valence-electron chi connectivity index (χ1n) is 12.4. The minimum absolute atomic E-state index is 0. The zero-order valence-corrected chi connectivity index (χ0v) is 21.3. The van der Waals surface area contributed by atoms with E-state index >= 15 is 0 Å². The molecule has 32 heavy (non-hydrogen) atoms. The highest BCUT2D eigenvalue weighted by molar-refractivity contribution is 5.85. The lowest BCUT2D eigenvalue weighted by atomic mass is 10.0. The topological polar surface area (TPSA) is 111 Å². The number of hydrogen-bond donors (Lipinski definition) is 3.